The van der Waals surface area contributed by atoms with Gasteiger partial charge in [0.2, 0.25) is 0 Å². The summed E-state index contributed by atoms with van der Waals surface area (Å²) in [6.45, 7) is 8.56. The summed E-state index contributed by atoms with van der Waals surface area (Å²) in [5.41, 5.74) is 0. The highest BCUT2D eigenvalue weighted by Gasteiger charge is 1.91. The average molecular weight is 215 g/mol. The summed E-state index contributed by atoms with van der Waals surface area (Å²) in [7, 11) is 0. The van der Waals surface area contributed by atoms with E-state index >= 15 is 0 Å². The van der Waals surface area contributed by atoms with Gasteiger partial charge in [-0.15, -0.1) is 0 Å². The minimum atomic E-state index is 0.921. The summed E-state index contributed by atoms with van der Waals surface area (Å²) in [4.78, 5) is 0. The second kappa shape index (κ2) is 13.9. The Balaban J connectivity index is 2.81. The van der Waals surface area contributed by atoms with Gasteiger partial charge in [0.25, 0.3) is 0 Å². The van der Waals surface area contributed by atoms with Crippen LogP contribution >= 0.6 is 0 Å². The van der Waals surface area contributed by atoms with Crippen molar-refractivity contribution in [3.8, 4) is 0 Å². The van der Waals surface area contributed by atoms with Crippen molar-refractivity contribution in [1.82, 2.24) is 5.32 Å². The molecule has 0 unspecified atom stereocenters. The number of rotatable bonds is 12. The fourth-order valence-electron chi connectivity index (χ4n) is 1.51. The van der Waals surface area contributed by atoms with Crippen LogP contribution in [0.2, 0.25) is 0 Å². The summed E-state index contributed by atoms with van der Waals surface area (Å²) in [6, 6.07) is 0. The highest BCUT2D eigenvalue weighted by molar-refractivity contribution is 4.46. The second-order valence-electron chi connectivity index (χ2n) is 4.13. The molecule has 0 aliphatic carbocycles. The van der Waals surface area contributed by atoms with Crippen LogP contribution in [-0.2, 0) is 4.74 Å². The van der Waals surface area contributed by atoms with Gasteiger partial charge >= 0.3 is 0 Å². The van der Waals surface area contributed by atoms with Crippen LogP contribution in [0, 0.1) is 0 Å². The molecule has 0 aliphatic rings. The van der Waals surface area contributed by atoms with Crippen molar-refractivity contribution in [1.29, 1.82) is 0 Å². The van der Waals surface area contributed by atoms with E-state index in [-0.39, 0.29) is 0 Å². The molecule has 92 valence electrons. The maximum Gasteiger partial charge on any atom is 0.0478 e. The molecular weight excluding hydrogens is 186 g/mol. The van der Waals surface area contributed by atoms with Crippen LogP contribution in [0.3, 0.4) is 0 Å². The molecule has 0 fully saturated rings. The molecule has 0 spiro atoms. The molecule has 2 heteroatoms. The first kappa shape index (κ1) is 14.9. The number of ether oxygens (including phenoxy) is 1. The fourth-order valence-corrected chi connectivity index (χ4v) is 1.51. The Morgan fingerprint density at radius 2 is 1.47 bits per heavy atom. The molecule has 0 aromatic heterocycles. The van der Waals surface area contributed by atoms with Gasteiger partial charge in [-0.1, -0.05) is 39.5 Å². The lowest BCUT2D eigenvalue weighted by Crippen LogP contribution is -2.17. The molecule has 0 rings (SSSR count). The van der Waals surface area contributed by atoms with Crippen LogP contribution in [0.5, 0.6) is 0 Å². The summed E-state index contributed by atoms with van der Waals surface area (Å²) >= 11 is 0. The van der Waals surface area contributed by atoms with Crippen LogP contribution in [0.4, 0.5) is 0 Å². The Morgan fingerprint density at radius 1 is 0.733 bits per heavy atom. The Kier molecular flexibility index (Phi) is 13.8. The van der Waals surface area contributed by atoms with Gasteiger partial charge in [-0.2, -0.15) is 0 Å². The van der Waals surface area contributed by atoms with Crippen LogP contribution in [0.15, 0.2) is 0 Å². The SMILES string of the molecule is CCCCCCCOCCCNCCC. The van der Waals surface area contributed by atoms with Crippen LogP contribution < -0.4 is 5.32 Å². The highest BCUT2D eigenvalue weighted by Crippen LogP contribution is 2.02. The lowest BCUT2D eigenvalue weighted by molar-refractivity contribution is 0.127. The lowest BCUT2D eigenvalue weighted by atomic mass is 10.2. The van der Waals surface area contributed by atoms with E-state index < -0.39 is 0 Å². The molecule has 15 heavy (non-hydrogen) atoms. The van der Waals surface area contributed by atoms with E-state index in [1.807, 2.05) is 0 Å². The fraction of sp³-hybridized carbons (Fsp3) is 1.00. The number of hydrogen-bond acceptors (Lipinski definition) is 2. The minimum absolute atomic E-state index is 0.921. The zero-order valence-electron chi connectivity index (χ0n) is 10.7. The largest absolute Gasteiger partial charge is 0.381 e. The molecule has 0 aromatic rings. The number of nitrogens with one attached hydrogen (secondary N) is 1. The molecule has 0 bridgehead atoms. The van der Waals surface area contributed by atoms with Crippen molar-refractivity contribution in [3.63, 3.8) is 0 Å². The van der Waals surface area contributed by atoms with E-state index in [1.165, 1.54) is 38.5 Å². The Bertz CT molecular complexity index is 94.7. The molecule has 0 saturated carbocycles. The summed E-state index contributed by atoms with van der Waals surface area (Å²) in [5, 5.41) is 3.37. The third-order valence-electron chi connectivity index (χ3n) is 2.46. The zero-order valence-corrected chi connectivity index (χ0v) is 10.7. The van der Waals surface area contributed by atoms with Crippen LogP contribution in [0.25, 0.3) is 0 Å². The standard InChI is InChI=1S/C13H29NO/c1-3-5-6-7-8-12-15-13-9-11-14-10-4-2/h14H,3-13H2,1-2H3. The molecular formula is C13H29NO. The second-order valence-corrected chi connectivity index (χ2v) is 4.13. The zero-order chi connectivity index (χ0) is 11.2. The molecule has 0 atom stereocenters. The monoisotopic (exact) mass is 215 g/mol. The summed E-state index contributed by atoms with van der Waals surface area (Å²) in [5.74, 6) is 0. The van der Waals surface area contributed by atoms with Crippen molar-refractivity contribution in [2.45, 2.75) is 58.8 Å². The molecule has 0 radical (unpaired) electrons. The van der Waals surface area contributed by atoms with Crippen molar-refractivity contribution in [2.75, 3.05) is 26.3 Å². The van der Waals surface area contributed by atoms with Crippen molar-refractivity contribution < 1.29 is 4.74 Å². The molecule has 2 nitrogen and oxygen atoms in total. The van der Waals surface area contributed by atoms with Gasteiger partial charge in [0.1, 0.15) is 0 Å². The molecule has 0 aliphatic heterocycles. The topological polar surface area (TPSA) is 21.3 Å². The van der Waals surface area contributed by atoms with E-state index in [1.54, 1.807) is 0 Å². The quantitative estimate of drug-likeness (QED) is 0.504. The first-order chi connectivity index (χ1) is 7.41. The van der Waals surface area contributed by atoms with Crippen molar-refractivity contribution in [3.05, 3.63) is 0 Å². The van der Waals surface area contributed by atoms with Gasteiger partial charge in [0.05, 0.1) is 0 Å². The summed E-state index contributed by atoms with van der Waals surface area (Å²) in [6.07, 6.45) is 9.01. The van der Waals surface area contributed by atoms with Crippen molar-refractivity contribution in [2.24, 2.45) is 0 Å². The maximum atomic E-state index is 5.55. The maximum absolute atomic E-state index is 5.55. The Labute approximate surface area is 95.8 Å². The number of hydrogen-bond donors (Lipinski definition) is 1. The van der Waals surface area contributed by atoms with Gasteiger partial charge in [0, 0.05) is 13.2 Å². The average Bonchev–Trinajstić information content (AvgIpc) is 2.26. The third-order valence-corrected chi connectivity index (χ3v) is 2.46. The summed E-state index contributed by atoms with van der Waals surface area (Å²) < 4.78 is 5.55. The molecule has 0 aromatic carbocycles. The predicted octanol–water partition coefficient (Wildman–Crippen LogP) is 3.36. The first-order valence-electron chi connectivity index (χ1n) is 6.70. The van der Waals surface area contributed by atoms with E-state index in [0.717, 1.165) is 32.7 Å². The lowest BCUT2D eigenvalue weighted by Gasteiger charge is -2.05. The molecule has 0 saturated heterocycles. The van der Waals surface area contributed by atoms with E-state index in [2.05, 4.69) is 19.2 Å². The Hall–Kier alpha value is -0.0800. The first-order valence-corrected chi connectivity index (χ1v) is 6.70. The molecule has 1 N–H and O–H groups in total. The van der Waals surface area contributed by atoms with Gasteiger partial charge in [-0.05, 0) is 32.4 Å². The van der Waals surface area contributed by atoms with E-state index in [4.69, 9.17) is 4.74 Å². The minimum Gasteiger partial charge on any atom is -0.381 e. The Morgan fingerprint density at radius 3 is 2.20 bits per heavy atom. The van der Waals surface area contributed by atoms with Gasteiger partial charge < -0.3 is 10.1 Å². The predicted molar refractivity (Wildman–Crippen MR) is 67.4 cm³/mol. The third kappa shape index (κ3) is 13.9. The van der Waals surface area contributed by atoms with Crippen molar-refractivity contribution >= 4 is 0 Å². The molecule has 0 heterocycles. The molecule has 0 amide bonds. The smallest absolute Gasteiger partial charge is 0.0478 e. The van der Waals surface area contributed by atoms with Gasteiger partial charge in [-0.3, -0.25) is 0 Å². The number of unbranched alkanes of at least 4 members (excludes halogenated alkanes) is 4. The van der Waals surface area contributed by atoms with Gasteiger partial charge in [-0.25, -0.2) is 0 Å². The van der Waals surface area contributed by atoms with E-state index in [0.29, 0.717) is 0 Å². The van der Waals surface area contributed by atoms with Gasteiger partial charge in [0.15, 0.2) is 0 Å². The normalized spacial score (nSPS) is 10.8. The van der Waals surface area contributed by atoms with Crippen LogP contribution in [0.1, 0.15) is 58.8 Å². The van der Waals surface area contributed by atoms with Crippen LogP contribution in [-0.4, -0.2) is 26.3 Å². The van der Waals surface area contributed by atoms with E-state index in [9.17, 15) is 0 Å². The highest BCUT2D eigenvalue weighted by atomic mass is 16.5.